The van der Waals surface area contributed by atoms with Gasteiger partial charge in [-0.2, -0.15) is 0 Å². The Kier molecular flexibility index (Phi) is 8.10. The number of nitrogens with zero attached hydrogens (tertiary/aromatic N) is 4. The predicted molar refractivity (Wildman–Crippen MR) is 158 cm³/mol. The molecule has 0 unspecified atom stereocenters. The summed E-state index contributed by atoms with van der Waals surface area (Å²) in [5.74, 6) is 1.24. The molecule has 0 radical (unpaired) electrons. The lowest BCUT2D eigenvalue weighted by Crippen LogP contribution is -2.24. The third-order valence-corrected chi connectivity index (χ3v) is 7.06. The van der Waals surface area contributed by atoms with Gasteiger partial charge in [0.25, 0.3) is 0 Å². The molecule has 0 spiro atoms. The number of aromatic nitrogens is 3. The number of rotatable bonds is 10. The Balaban J connectivity index is 1.32. The number of fused-ring (bicyclic) bond motifs is 1. The van der Waals surface area contributed by atoms with Crippen LogP contribution in [0.5, 0.6) is 0 Å². The van der Waals surface area contributed by atoms with E-state index < -0.39 is 0 Å². The van der Waals surface area contributed by atoms with Gasteiger partial charge in [-0.15, -0.1) is 0 Å². The molecule has 0 aliphatic rings. The maximum absolute atomic E-state index is 11.5. The summed E-state index contributed by atoms with van der Waals surface area (Å²) in [6.07, 6.45) is 1.73. The molecule has 2 N–H and O–H groups in total. The minimum absolute atomic E-state index is 0.161. The molecule has 0 atom stereocenters. The molecule has 0 aliphatic heterocycles. The number of anilines is 4. The van der Waals surface area contributed by atoms with Gasteiger partial charge in [0.15, 0.2) is 5.13 Å². The first-order chi connectivity index (χ1) is 19.0. The molecule has 0 amide bonds. The second-order valence-electron chi connectivity index (χ2n) is 9.04. The highest BCUT2D eigenvalue weighted by atomic mass is 32.1. The van der Waals surface area contributed by atoms with Crippen LogP contribution in [-0.2, 0) is 16.1 Å². The number of carbonyl (C=O) groups is 1. The summed E-state index contributed by atoms with van der Waals surface area (Å²) < 4.78 is 4.95. The van der Waals surface area contributed by atoms with E-state index in [0.717, 1.165) is 33.0 Å². The number of hydrogen-bond acceptors (Lipinski definition) is 9. The van der Waals surface area contributed by atoms with E-state index in [-0.39, 0.29) is 12.5 Å². The minimum atomic E-state index is -0.268. The van der Waals surface area contributed by atoms with Crippen LogP contribution in [0.15, 0.2) is 79.0 Å². The Morgan fingerprint density at radius 3 is 2.67 bits per heavy atom. The highest BCUT2D eigenvalue weighted by Gasteiger charge is 2.14. The molecule has 0 fully saturated rings. The largest absolute Gasteiger partial charge is 0.465 e. The van der Waals surface area contributed by atoms with Crippen LogP contribution in [0.4, 0.5) is 22.5 Å². The number of nitrogens with one attached hydrogen (secondary N) is 2. The Labute approximate surface area is 231 Å². The Hall–Kier alpha value is -4.34. The molecule has 9 heteroatoms. The highest BCUT2D eigenvalue weighted by Crippen LogP contribution is 2.35. The van der Waals surface area contributed by atoms with E-state index in [1.165, 1.54) is 22.5 Å². The third-order valence-electron chi connectivity index (χ3n) is 6.18. The van der Waals surface area contributed by atoms with Crippen LogP contribution >= 0.6 is 11.3 Å². The number of carbonyl (C=O) groups excluding carboxylic acids is 1. The van der Waals surface area contributed by atoms with Crippen LogP contribution in [0.1, 0.15) is 18.1 Å². The van der Waals surface area contributed by atoms with Crippen molar-refractivity contribution < 1.29 is 9.53 Å². The van der Waals surface area contributed by atoms with Gasteiger partial charge in [-0.3, -0.25) is 4.79 Å². The maximum Gasteiger partial charge on any atom is 0.319 e. The van der Waals surface area contributed by atoms with E-state index in [2.05, 4.69) is 69.9 Å². The average molecular weight is 539 g/mol. The fourth-order valence-electron chi connectivity index (χ4n) is 4.20. The molecule has 0 saturated heterocycles. The molecule has 198 valence electrons. The third kappa shape index (κ3) is 6.39. The summed E-state index contributed by atoms with van der Waals surface area (Å²) in [5.41, 5.74) is 6.44. The van der Waals surface area contributed by atoms with Crippen molar-refractivity contribution >= 4 is 50.1 Å². The first-order valence-corrected chi connectivity index (χ1v) is 13.6. The first-order valence-electron chi connectivity index (χ1n) is 12.8. The number of ether oxygens (including phenoxy) is 1. The summed E-state index contributed by atoms with van der Waals surface area (Å²) in [7, 11) is 2.03. The zero-order valence-electron chi connectivity index (χ0n) is 22.1. The summed E-state index contributed by atoms with van der Waals surface area (Å²) in [4.78, 5) is 28.5. The zero-order valence-corrected chi connectivity index (χ0v) is 23.0. The van der Waals surface area contributed by atoms with Crippen molar-refractivity contribution in [2.75, 3.05) is 30.4 Å². The standard InChI is InChI=1S/C30H30N6O2S/c1-4-38-28(37)19-31-18-21-15-16-32-26(17-21)34-30-33-24-13-14-27(35-29(24)39-30)36(3)25-8-6-5-7-23(25)22-11-9-20(2)10-12-22/h5-17,31H,4,18-19H2,1-3H3,(H,32,33,34). The van der Waals surface area contributed by atoms with E-state index in [1.54, 1.807) is 13.1 Å². The van der Waals surface area contributed by atoms with Crippen molar-refractivity contribution in [1.82, 2.24) is 20.3 Å². The van der Waals surface area contributed by atoms with Gasteiger partial charge in [-0.1, -0.05) is 59.4 Å². The van der Waals surface area contributed by atoms with Gasteiger partial charge in [0.2, 0.25) is 0 Å². The fourth-order valence-corrected chi connectivity index (χ4v) is 5.04. The first kappa shape index (κ1) is 26.3. The quantitative estimate of drug-likeness (QED) is 0.202. The number of para-hydroxylation sites is 1. The summed E-state index contributed by atoms with van der Waals surface area (Å²) >= 11 is 1.48. The summed E-state index contributed by atoms with van der Waals surface area (Å²) in [6, 6.07) is 24.7. The number of aryl methyl sites for hydroxylation is 1. The SMILES string of the molecule is CCOC(=O)CNCc1ccnc(Nc2nc3ccc(N(C)c4ccccc4-c4ccc(C)cc4)nc3s2)c1. The number of thiazole rings is 1. The lowest BCUT2D eigenvalue weighted by Gasteiger charge is -2.22. The molecular formula is C30H30N6O2S. The Bertz CT molecular complexity index is 1580. The van der Waals surface area contributed by atoms with Gasteiger partial charge < -0.3 is 20.3 Å². The zero-order chi connectivity index (χ0) is 27.2. The summed E-state index contributed by atoms with van der Waals surface area (Å²) in [5, 5.41) is 7.09. The molecule has 3 aromatic heterocycles. The number of esters is 1. The normalized spacial score (nSPS) is 10.9. The number of benzene rings is 2. The van der Waals surface area contributed by atoms with Gasteiger partial charge in [-0.25, -0.2) is 15.0 Å². The van der Waals surface area contributed by atoms with Crippen molar-refractivity contribution in [3.8, 4) is 11.1 Å². The molecule has 2 aromatic carbocycles. The average Bonchev–Trinajstić information content (AvgIpc) is 3.35. The second kappa shape index (κ2) is 12.0. The smallest absolute Gasteiger partial charge is 0.319 e. The van der Waals surface area contributed by atoms with Crippen molar-refractivity contribution in [2.45, 2.75) is 20.4 Å². The van der Waals surface area contributed by atoms with Crippen molar-refractivity contribution in [3.05, 3.63) is 90.1 Å². The lowest BCUT2D eigenvalue weighted by atomic mass is 10.0. The van der Waals surface area contributed by atoms with Gasteiger partial charge in [0.05, 0.1) is 13.2 Å². The second-order valence-corrected chi connectivity index (χ2v) is 10.0. The van der Waals surface area contributed by atoms with E-state index in [1.807, 2.05) is 37.4 Å². The lowest BCUT2D eigenvalue weighted by molar-refractivity contribution is -0.142. The summed E-state index contributed by atoms with van der Waals surface area (Å²) in [6.45, 7) is 4.95. The molecule has 3 heterocycles. The van der Waals surface area contributed by atoms with Gasteiger partial charge in [0.1, 0.15) is 22.0 Å². The fraction of sp³-hybridized carbons (Fsp3) is 0.200. The van der Waals surface area contributed by atoms with Crippen molar-refractivity contribution in [3.63, 3.8) is 0 Å². The number of pyridine rings is 2. The Morgan fingerprint density at radius 2 is 1.85 bits per heavy atom. The van der Waals surface area contributed by atoms with Crippen LogP contribution < -0.4 is 15.5 Å². The minimum Gasteiger partial charge on any atom is -0.465 e. The molecule has 0 aliphatic carbocycles. The maximum atomic E-state index is 11.5. The monoisotopic (exact) mass is 538 g/mol. The van der Waals surface area contributed by atoms with Gasteiger partial charge in [-0.05, 0) is 55.3 Å². The van der Waals surface area contributed by atoms with Gasteiger partial charge in [0, 0.05) is 31.0 Å². The Morgan fingerprint density at radius 1 is 1.03 bits per heavy atom. The molecule has 5 aromatic rings. The van der Waals surface area contributed by atoms with Crippen molar-refractivity contribution in [1.29, 1.82) is 0 Å². The molecule has 39 heavy (non-hydrogen) atoms. The van der Waals surface area contributed by atoms with E-state index in [4.69, 9.17) is 14.7 Å². The molecule has 0 bridgehead atoms. The van der Waals surface area contributed by atoms with E-state index in [9.17, 15) is 4.79 Å². The van der Waals surface area contributed by atoms with Gasteiger partial charge >= 0.3 is 5.97 Å². The molecule has 8 nitrogen and oxygen atoms in total. The van der Waals surface area contributed by atoms with Crippen LogP contribution in [0, 0.1) is 6.92 Å². The topological polar surface area (TPSA) is 92.3 Å². The van der Waals surface area contributed by atoms with E-state index in [0.29, 0.717) is 24.1 Å². The van der Waals surface area contributed by atoms with Crippen LogP contribution in [0.3, 0.4) is 0 Å². The van der Waals surface area contributed by atoms with Crippen molar-refractivity contribution in [2.24, 2.45) is 0 Å². The van der Waals surface area contributed by atoms with Crippen LogP contribution in [0.2, 0.25) is 0 Å². The molecular weight excluding hydrogens is 508 g/mol. The molecule has 0 saturated carbocycles. The van der Waals surface area contributed by atoms with Crippen LogP contribution in [0.25, 0.3) is 21.5 Å². The van der Waals surface area contributed by atoms with E-state index >= 15 is 0 Å². The number of hydrogen-bond donors (Lipinski definition) is 2. The predicted octanol–water partition coefficient (Wildman–Crippen LogP) is 6.23. The highest BCUT2D eigenvalue weighted by molar-refractivity contribution is 7.21. The molecule has 5 rings (SSSR count). The van der Waals surface area contributed by atoms with Crippen LogP contribution in [-0.4, -0.2) is 41.1 Å².